The molecule has 0 spiro atoms. The minimum Gasteiger partial charge on any atom is -0.413 e. The molecule has 0 aliphatic carbocycles. The molecule has 1 aromatic rings. The van der Waals surface area contributed by atoms with Gasteiger partial charge in [-0.15, -0.1) is 0 Å². The van der Waals surface area contributed by atoms with E-state index < -0.39 is 19.8 Å². The standard InChI is InChI=1S/C36H55ClN2O3Si/c1-27(26-28(2)30-19-13-12-14-20-30)18-15-16-22-32(40)39-33(35(4,5)6)34(41)38-25-17-21-31(24-23-29(3)37)42-43(10,11)36(7,8)9/h12-20,22-23,25-26,28,31,33H,21,24H2,1-11H3,(H,38,41)(H,39,40)/b18-15-,22-16-,25-17-,27-26+,29-23+/t28-,31-,33+/m0/s1. The van der Waals surface area contributed by atoms with Gasteiger partial charge in [0, 0.05) is 11.1 Å². The molecule has 3 atom stereocenters. The van der Waals surface area contributed by atoms with E-state index in [0.717, 1.165) is 10.6 Å². The van der Waals surface area contributed by atoms with Gasteiger partial charge in [0.25, 0.3) is 0 Å². The lowest BCUT2D eigenvalue weighted by molar-refractivity contribution is -0.129. The van der Waals surface area contributed by atoms with Gasteiger partial charge in [-0.05, 0) is 67.9 Å². The van der Waals surface area contributed by atoms with E-state index in [9.17, 15) is 9.59 Å². The first-order valence-electron chi connectivity index (χ1n) is 15.2. The van der Waals surface area contributed by atoms with Crippen LogP contribution in [0.5, 0.6) is 0 Å². The molecular weight excluding hydrogens is 572 g/mol. The minimum atomic E-state index is -1.98. The predicted molar refractivity (Wildman–Crippen MR) is 186 cm³/mol. The van der Waals surface area contributed by atoms with Gasteiger partial charge in [0.1, 0.15) is 6.04 Å². The highest BCUT2D eigenvalue weighted by molar-refractivity contribution is 6.74. The molecule has 1 aromatic carbocycles. The highest BCUT2D eigenvalue weighted by Crippen LogP contribution is 2.38. The molecule has 0 fully saturated rings. The van der Waals surface area contributed by atoms with E-state index in [1.54, 1.807) is 12.3 Å². The molecule has 43 heavy (non-hydrogen) atoms. The van der Waals surface area contributed by atoms with Crippen molar-refractivity contribution in [3.63, 3.8) is 0 Å². The van der Waals surface area contributed by atoms with E-state index in [2.05, 4.69) is 69.6 Å². The largest absolute Gasteiger partial charge is 0.413 e. The number of carbonyl (C=O) groups excluding carboxylic acids is 2. The molecular formula is C36H55ClN2O3Si. The summed E-state index contributed by atoms with van der Waals surface area (Å²) in [7, 11) is -1.98. The van der Waals surface area contributed by atoms with Crippen LogP contribution in [0, 0.1) is 5.41 Å². The average Bonchev–Trinajstić information content (AvgIpc) is 2.89. The predicted octanol–water partition coefficient (Wildman–Crippen LogP) is 9.32. The highest BCUT2D eigenvalue weighted by Gasteiger charge is 2.38. The van der Waals surface area contributed by atoms with Gasteiger partial charge in [-0.2, -0.15) is 0 Å². The molecule has 2 N–H and O–H groups in total. The van der Waals surface area contributed by atoms with Crippen LogP contribution in [0.25, 0.3) is 0 Å². The monoisotopic (exact) mass is 626 g/mol. The fraction of sp³-hybridized carbons (Fsp3) is 0.500. The summed E-state index contributed by atoms with van der Waals surface area (Å²) in [5, 5.41) is 6.54. The molecule has 2 amide bonds. The normalized spacial score (nSPS) is 16.1. The van der Waals surface area contributed by atoms with Gasteiger partial charge in [-0.3, -0.25) is 9.59 Å². The lowest BCUT2D eigenvalue weighted by atomic mass is 9.86. The molecule has 1 rings (SSSR count). The summed E-state index contributed by atoms with van der Waals surface area (Å²) in [5.41, 5.74) is 1.87. The SMILES string of the molecule is C/C(Cl)=C\C[C@H](C/C=C\NC(=O)[C@@H](NC(=O)\C=C/C=C\C(C)=C\[C@H](C)c1ccccc1)C(C)(C)C)O[Si](C)(C)C(C)(C)C. The summed E-state index contributed by atoms with van der Waals surface area (Å²) in [5.74, 6) is -0.303. The maximum absolute atomic E-state index is 13.1. The van der Waals surface area contributed by atoms with Crippen LogP contribution in [0.15, 0.2) is 89.7 Å². The molecule has 0 radical (unpaired) electrons. The van der Waals surface area contributed by atoms with Crippen LogP contribution in [-0.2, 0) is 14.0 Å². The Balaban J connectivity index is 2.80. The molecule has 0 saturated carbocycles. The summed E-state index contributed by atoms with van der Waals surface area (Å²) in [6, 6.07) is 9.60. The molecule has 0 saturated heterocycles. The summed E-state index contributed by atoms with van der Waals surface area (Å²) in [6.45, 7) is 22.9. The Bertz CT molecular complexity index is 1180. The summed E-state index contributed by atoms with van der Waals surface area (Å²) in [4.78, 5) is 25.8. The second kappa shape index (κ2) is 17.6. The van der Waals surface area contributed by atoms with Gasteiger partial charge in [0.15, 0.2) is 8.32 Å². The van der Waals surface area contributed by atoms with Gasteiger partial charge in [-0.25, -0.2) is 0 Å². The minimum absolute atomic E-state index is 0.0425. The Morgan fingerprint density at radius 1 is 0.977 bits per heavy atom. The Hall–Kier alpha value is -2.67. The quantitative estimate of drug-likeness (QED) is 0.123. The number of halogens is 1. The molecule has 5 nitrogen and oxygen atoms in total. The number of benzene rings is 1. The first-order chi connectivity index (χ1) is 19.8. The fourth-order valence-corrected chi connectivity index (χ4v) is 5.51. The Labute approximate surface area is 267 Å². The van der Waals surface area contributed by atoms with E-state index in [-0.39, 0.29) is 23.0 Å². The Morgan fingerprint density at radius 2 is 1.58 bits per heavy atom. The van der Waals surface area contributed by atoms with Crippen LogP contribution >= 0.6 is 11.6 Å². The van der Waals surface area contributed by atoms with Crippen LogP contribution < -0.4 is 10.6 Å². The lowest BCUT2D eigenvalue weighted by Gasteiger charge is -2.39. The van der Waals surface area contributed by atoms with Crippen molar-refractivity contribution in [1.82, 2.24) is 10.6 Å². The third-order valence-electron chi connectivity index (χ3n) is 7.64. The van der Waals surface area contributed by atoms with Crippen LogP contribution in [0.4, 0.5) is 0 Å². The number of carbonyl (C=O) groups is 2. The molecule has 0 aliphatic heterocycles. The van der Waals surface area contributed by atoms with Crippen LogP contribution in [-0.4, -0.2) is 32.3 Å². The second-order valence-corrected chi connectivity index (χ2v) is 19.2. The molecule has 0 aliphatic rings. The van der Waals surface area contributed by atoms with E-state index in [1.807, 2.05) is 77.1 Å². The highest BCUT2D eigenvalue weighted by atomic mass is 35.5. The van der Waals surface area contributed by atoms with Gasteiger partial charge < -0.3 is 15.1 Å². The number of hydrogen-bond acceptors (Lipinski definition) is 3. The molecule has 0 unspecified atom stereocenters. The van der Waals surface area contributed by atoms with Crippen molar-refractivity contribution in [1.29, 1.82) is 0 Å². The molecule has 0 aromatic heterocycles. The van der Waals surface area contributed by atoms with Crippen molar-refractivity contribution in [2.24, 2.45) is 5.41 Å². The zero-order chi connectivity index (χ0) is 32.8. The van der Waals surface area contributed by atoms with E-state index in [0.29, 0.717) is 18.8 Å². The van der Waals surface area contributed by atoms with Gasteiger partial charge >= 0.3 is 0 Å². The Kier molecular flexibility index (Phi) is 15.7. The van der Waals surface area contributed by atoms with Crippen molar-refractivity contribution in [2.75, 3.05) is 0 Å². The van der Waals surface area contributed by atoms with Crippen molar-refractivity contribution in [3.05, 3.63) is 95.2 Å². The zero-order valence-corrected chi connectivity index (χ0v) is 30.0. The summed E-state index contributed by atoms with van der Waals surface area (Å²) < 4.78 is 6.61. The first kappa shape index (κ1) is 38.4. The number of hydrogen-bond donors (Lipinski definition) is 2. The number of amides is 2. The molecule has 0 bridgehead atoms. The van der Waals surface area contributed by atoms with Gasteiger partial charge in [-0.1, -0.05) is 132 Å². The molecule has 7 heteroatoms. The average molecular weight is 627 g/mol. The van der Waals surface area contributed by atoms with Crippen LogP contribution in [0.3, 0.4) is 0 Å². The van der Waals surface area contributed by atoms with Crippen molar-refractivity contribution in [3.8, 4) is 0 Å². The maximum Gasteiger partial charge on any atom is 0.247 e. The number of allylic oxidation sites excluding steroid dienone is 6. The maximum atomic E-state index is 13.1. The van der Waals surface area contributed by atoms with E-state index in [1.165, 1.54) is 11.6 Å². The van der Waals surface area contributed by atoms with E-state index >= 15 is 0 Å². The number of rotatable bonds is 14. The van der Waals surface area contributed by atoms with Crippen LogP contribution in [0.2, 0.25) is 18.1 Å². The fourth-order valence-electron chi connectivity index (χ4n) is 4.04. The first-order valence-corrected chi connectivity index (χ1v) is 18.5. The third kappa shape index (κ3) is 15.1. The van der Waals surface area contributed by atoms with Crippen molar-refractivity contribution < 1.29 is 14.0 Å². The third-order valence-corrected chi connectivity index (χ3v) is 12.3. The van der Waals surface area contributed by atoms with Crippen molar-refractivity contribution in [2.45, 2.75) is 111 Å². The van der Waals surface area contributed by atoms with E-state index in [4.69, 9.17) is 16.0 Å². The topological polar surface area (TPSA) is 67.4 Å². The smallest absolute Gasteiger partial charge is 0.247 e. The molecule has 238 valence electrons. The zero-order valence-electron chi connectivity index (χ0n) is 28.3. The second-order valence-electron chi connectivity index (χ2n) is 13.8. The van der Waals surface area contributed by atoms with Crippen LogP contribution in [0.1, 0.15) is 86.6 Å². The van der Waals surface area contributed by atoms with Gasteiger partial charge in [0.2, 0.25) is 11.8 Å². The van der Waals surface area contributed by atoms with Gasteiger partial charge in [0.05, 0.1) is 6.10 Å². The Morgan fingerprint density at radius 3 is 2.14 bits per heavy atom. The summed E-state index contributed by atoms with van der Waals surface area (Å²) in [6.07, 6.45) is 15.9. The van der Waals surface area contributed by atoms with Crippen molar-refractivity contribution >= 4 is 31.7 Å². The lowest BCUT2D eigenvalue weighted by Crippen LogP contribution is -2.52. The summed E-state index contributed by atoms with van der Waals surface area (Å²) >= 11 is 6.09. The number of nitrogens with one attached hydrogen (secondary N) is 2. The molecule has 0 heterocycles.